The Bertz CT molecular complexity index is 669. The van der Waals surface area contributed by atoms with Crippen molar-refractivity contribution >= 4 is 17.7 Å². The molecule has 0 aromatic carbocycles. The van der Waals surface area contributed by atoms with E-state index in [1.807, 2.05) is 12.1 Å². The molecule has 2 aliphatic rings. The second-order valence-corrected chi connectivity index (χ2v) is 7.38. The number of carbonyl (C=O) groups is 3. The normalized spacial score (nSPS) is 22.7. The zero-order valence-electron chi connectivity index (χ0n) is 14.9. The summed E-state index contributed by atoms with van der Waals surface area (Å²) in [5.41, 5.74) is 5.65. The Balaban J connectivity index is 1.64. The van der Waals surface area contributed by atoms with E-state index in [4.69, 9.17) is 5.73 Å². The van der Waals surface area contributed by atoms with Gasteiger partial charge in [-0.2, -0.15) is 0 Å². The third kappa shape index (κ3) is 4.03. The van der Waals surface area contributed by atoms with Crippen LogP contribution in [0.5, 0.6) is 0 Å². The molecule has 2 heterocycles. The minimum Gasteiger partial charge on any atom is -0.368 e. The number of pyridine rings is 1. The molecule has 140 valence electrons. The van der Waals surface area contributed by atoms with E-state index in [0.717, 1.165) is 31.2 Å². The van der Waals surface area contributed by atoms with Crippen molar-refractivity contribution < 1.29 is 14.4 Å². The lowest BCUT2D eigenvalue weighted by molar-refractivity contribution is -0.134. The first kappa shape index (κ1) is 18.4. The van der Waals surface area contributed by atoms with Crippen LogP contribution in [-0.4, -0.2) is 39.7 Å². The molecule has 1 aromatic heterocycles. The Morgan fingerprint density at radius 2 is 1.85 bits per heavy atom. The number of amides is 3. The Morgan fingerprint density at radius 3 is 2.46 bits per heavy atom. The van der Waals surface area contributed by atoms with Gasteiger partial charge in [0.2, 0.25) is 17.7 Å². The van der Waals surface area contributed by atoms with E-state index >= 15 is 0 Å². The van der Waals surface area contributed by atoms with Crippen LogP contribution in [0.4, 0.5) is 0 Å². The fourth-order valence-electron chi connectivity index (χ4n) is 3.91. The standard InChI is InChI=1S/C19H26N4O3/c20-18(26)19(7-3-1-2-4-8-19)22-17(25)15-11-16(24)23(13-15)12-14-5-9-21-10-6-14/h5-6,9-10,15H,1-4,7-8,11-13H2,(H2,20,26)(H,22,25)/t15-/m0/s1. The van der Waals surface area contributed by atoms with Crippen molar-refractivity contribution in [1.82, 2.24) is 15.2 Å². The number of carbonyl (C=O) groups excluding carboxylic acids is 3. The number of nitrogens with two attached hydrogens (primary N) is 1. The summed E-state index contributed by atoms with van der Waals surface area (Å²) in [5, 5.41) is 2.92. The van der Waals surface area contributed by atoms with E-state index in [9.17, 15) is 14.4 Å². The number of hydrogen-bond donors (Lipinski definition) is 2. The summed E-state index contributed by atoms with van der Waals surface area (Å²) in [6.07, 6.45) is 8.54. The number of nitrogens with zero attached hydrogens (tertiary/aromatic N) is 2. The van der Waals surface area contributed by atoms with Gasteiger partial charge in [-0.05, 0) is 30.5 Å². The topological polar surface area (TPSA) is 105 Å². The second-order valence-electron chi connectivity index (χ2n) is 7.38. The average molecular weight is 358 g/mol. The monoisotopic (exact) mass is 358 g/mol. The lowest BCUT2D eigenvalue weighted by Gasteiger charge is -2.31. The third-order valence-electron chi connectivity index (χ3n) is 5.50. The molecule has 1 atom stereocenters. The smallest absolute Gasteiger partial charge is 0.243 e. The van der Waals surface area contributed by atoms with Gasteiger partial charge in [-0.3, -0.25) is 19.4 Å². The van der Waals surface area contributed by atoms with E-state index in [0.29, 0.717) is 25.9 Å². The molecule has 1 aromatic rings. The summed E-state index contributed by atoms with van der Waals surface area (Å²) in [7, 11) is 0. The highest BCUT2D eigenvalue weighted by Gasteiger charge is 2.42. The maximum absolute atomic E-state index is 12.8. The maximum atomic E-state index is 12.8. The Labute approximate surface area is 153 Å². The van der Waals surface area contributed by atoms with Gasteiger partial charge in [-0.1, -0.05) is 25.7 Å². The van der Waals surface area contributed by atoms with Gasteiger partial charge in [0.25, 0.3) is 0 Å². The highest BCUT2D eigenvalue weighted by Crippen LogP contribution is 2.28. The molecular formula is C19H26N4O3. The summed E-state index contributed by atoms with van der Waals surface area (Å²) in [6, 6.07) is 3.71. The zero-order valence-corrected chi connectivity index (χ0v) is 14.9. The van der Waals surface area contributed by atoms with Crippen LogP contribution in [0, 0.1) is 5.92 Å². The van der Waals surface area contributed by atoms with Crippen molar-refractivity contribution in [3.8, 4) is 0 Å². The molecule has 2 fully saturated rings. The lowest BCUT2D eigenvalue weighted by Crippen LogP contribution is -2.58. The lowest BCUT2D eigenvalue weighted by atomic mass is 9.88. The third-order valence-corrected chi connectivity index (χ3v) is 5.50. The molecule has 3 amide bonds. The molecule has 1 saturated heterocycles. The van der Waals surface area contributed by atoms with Gasteiger partial charge < -0.3 is 16.0 Å². The van der Waals surface area contributed by atoms with Crippen LogP contribution < -0.4 is 11.1 Å². The van der Waals surface area contributed by atoms with Gasteiger partial charge in [-0.25, -0.2) is 0 Å². The van der Waals surface area contributed by atoms with E-state index in [-0.39, 0.29) is 18.2 Å². The van der Waals surface area contributed by atoms with Crippen molar-refractivity contribution in [3.63, 3.8) is 0 Å². The van der Waals surface area contributed by atoms with E-state index in [1.54, 1.807) is 17.3 Å². The fraction of sp³-hybridized carbons (Fsp3) is 0.579. The minimum absolute atomic E-state index is 0.0454. The van der Waals surface area contributed by atoms with Gasteiger partial charge >= 0.3 is 0 Å². The first-order chi connectivity index (χ1) is 12.5. The molecule has 1 aliphatic carbocycles. The van der Waals surface area contributed by atoms with Crippen LogP contribution in [0.1, 0.15) is 50.5 Å². The molecule has 0 radical (unpaired) electrons. The van der Waals surface area contributed by atoms with Crippen LogP contribution in [0.3, 0.4) is 0 Å². The van der Waals surface area contributed by atoms with Gasteiger partial charge in [0.1, 0.15) is 5.54 Å². The van der Waals surface area contributed by atoms with Crippen molar-refractivity contribution in [3.05, 3.63) is 30.1 Å². The van der Waals surface area contributed by atoms with Gasteiger partial charge in [0, 0.05) is 31.9 Å². The molecule has 3 rings (SSSR count). The van der Waals surface area contributed by atoms with Gasteiger partial charge in [0.15, 0.2) is 0 Å². The highest BCUT2D eigenvalue weighted by molar-refractivity contribution is 5.94. The first-order valence-corrected chi connectivity index (χ1v) is 9.29. The average Bonchev–Trinajstić information content (AvgIpc) is 2.83. The minimum atomic E-state index is -0.963. The van der Waals surface area contributed by atoms with Crippen LogP contribution in [-0.2, 0) is 20.9 Å². The molecule has 7 heteroatoms. The Hall–Kier alpha value is -2.44. The predicted octanol–water partition coefficient (Wildman–Crippen LogP) is 1.12. The SMILES string of the molecule is NC(=O)C1(NC(=O)[C@H]2CC(=O)N(Cc3ccncc3)C2)CCCCCC1. The van der Waals surface area contributed by atoms with Crippen molar-refractivity contribution in [2.75, 3.05) is 6.54 Å². The molecular weight excluding hydrogens is 332 g/mol. The van der Waals surface area contributed by atoms with Gasteiger partial charge in [-0.15, -0.1) is 0 Å². The zero-order chi connectivity index (χ0) is 18.6. The van der Waals surface area contributed by atoms with Crippen LogP contribution in [0.2, 0.25) is 0 Å². The van der Waals surface area contributed by atoms with Crippen LogP contribution in [0.15, 0.2) is 24.5 Å². The molecule has 1 saturated carbocycles. The number of hydrogen-bond acceptors (Lipinski definition) is 4. The molecule has 7 nitrogen and oxygen atoms in total. The van der Waals surface area contributed by atoms with Crippen molar-refractivity contribution in [2.45, 2.75) is 57.0 Å². The maximum Gasteiger partial charge on any atom is 0.243 e. The molecule has 0 bridgehead atoms. The molecule has 26 heavy (non-hydrogen) atoms. The quantitative estimate of drug-likeness (QED) is 0.770. The number of likely N-dealkylation sites (tertiary alicyclic amines) is 1. The summed E-state index contributed by atoms with van der Waals surface area (Å²) >= 11 is 0. The predicted molar refractivity (Wildman–Crippen MR) is 95.5 cm³/mol. The number of primary amides is 1. The first-order valence-electron chi connectivity index (χ1n) is 9.29. The van der Waals surface area contributed by atoms with E-state index in [1.165, 1.54) is 0 Å². The van der Waals surface area contributed by atoms with Crippen molar-refractivity contribution in [2.24, 2.45) is 11.7 Å². The van der Waals surface area contributed by atoms with Gasteiger partial charge in [0.05, 0.1) is 5.92 Å². The summed E-state index contributed by atoms with van der Waals surface area (Å²) < 4.78 is 0. The summed E-state index contributed by atoms with van der Waals surface area (Å²) in [4.78, 5) is 42.8. The van der Waals surface area contributed by atoms with E-state index < -0.39 is 17.4 Å². The molecule has 1 aliphatic heterocycles. The summed E-state index contributed by atoms with van der Waals surface area (Å²) in [6.45, 7) is 0.827. The number of nitrogens with one attached hydrogen (secondary N) is 1. The number of rotatable bonds is 5. The second kappa shape index (κ2) is 7.85. The summed E-state index contributed by atoms with van der Waals surface area (Å²) in [5.74, 6) is -1.19. The Kier molecular flexibility index (Phi) is 5.54. The van der Waals surface area contributed by atoms with E-state index in [2.05, 4.69) is 10.3 Å². The Morgan fingerprint density at radius 1 is 1.19 bits per heavy atom. The number of aromatic nitrogens is 1. The largest absolute Gasteiger partial charge is 0.368 e. The van der Waals surface area contributed by atoms with Crippen LogP contribution >= 0.6 is 0 Å². The molecule has 0 unspecified atom stereocenters. The molecule has 0 spiro atoms. The van der Waals surface area contributed by atoms with Crippen molar-refractivity contribution in [1.29, 1.82) is 0 Å². The molecule has 3 N–H and O–H groups in total. The fourth-order valence-corrected chi connectivity index (χ4v) is 3.91. The highest BCUT2D eigenvalue weighted by atomic mass is 16.2. The van der Waals surface area contributed by atoms with Crippen LogP contribution in [0.25, 0.3) is 0 Å².